The number of rotatable bonds is 5. The lowest BCUT2D eigenvalue weighted by Crippen LogP contribution is -2.24. The number of hydrogen-bond acceptors (Lipinski definition) is 2. The van der Waals surface area contributed by atoms with Gasteiger partial charge in [0.15, 0.2) is 0 Å². The molecule has 1 saturated carbocycles. The van der Waals surface area contributed by atoms with Crippen LogP contribution in [0.5, 0.6) is 0 Å². The summed E-state index contributed by atoms with van der Waals surface area (Å²) >= 11 is 0. The van der Waals surface area contributed by atoms with Crippen LogP contribution in [-0.4, -0.2) is 12.3 Å². The number of Topliss-reactive ketones (excluding diaryl/α,β-unsaturated/α-hetero) is 1. The normalized spacial score (nSPS) is 20.7. The Morgan fingerprint density at radius 3 is 2.57 bits per heavy atom. The topological polar surface area (TPSA) is 43.1 Å². The van der Waals surface area contributed by atoms with Crippen molar-refractivity contribution < 1.29 is 4.79 Å². The first-order chi connectivity index (χ1) is 6.75. The van der Waals surface area contributed by atoms with Gasteiger partial charge in [-0.2, -0.15) is 0 Å². The Kier molecular flexibility index (Phi) is 5.16. The SMILES string of the molecule is CC(CCCN)C(=O)C1CCCCC1. The lowest BCUT2D eigenvalue weighted by molar-refractivity contribution is -0.127. The van der Waals surface area contributed by atoms with E-state index >= 15 is 0 Å². The van der Waals surface area contributed by atoms with Gasteiger partial charge in [0.25, 0.3) is 0 Å². The summed E-state index contributed by atoms with van der Waals surface area (Å²) in [7, 11) is 0. The van der Waals surface area contributed by atoms with Gasteiger partial charge in [-0.25, -0.2) is 0 Å². The summed E-state index contributed by atoms with van der Waals surface area (Å²) in [6.45, 7) is 2.77. The molecule has 0 spiro atoms. The molecule has 0 heterocycles. The number of hydrogen-bond donors (Lipinski definition) is 1. The average molecular weight is 197 g/mol. The van der Waals surface area contributed by atoms with Crippen molar-refractivity contribution in [3.63, 3.8) is 0 Å². The molecule has 1 unspecified atom stereocenters. The van der Waals surface area contributed by atoms with Crippen molar-refractivity contribution in [3.8, 4) is 0 Å². The van der Waals surface area contributed by atoms with Crippen LogP contribution in [0.3, 0.4) is 0 Å². The zero-order valence-electron chi connectivity index (χ0n) is 9.30. The molecule has 0 radical (unpaired) electrons. The second-order valence-corrected chi connectivity index (χ2v) is 4.57. The first-order valence-corrected chi connectivity index (χ1v) is 5.99. The van der Waals surface area contributed by atoms with Crippen molar-refractivity contribution in [1.29, 1.82) is 0 Å². The fourth-order valence-electron chi connectivity index (χ4n) is 2.36. The van der Waals surface area contributed by atoms with Crippen LogP contribution < -0.4 is 5.73 Å². The smallest absolute Gasteiger partial charge is 0.138 e. The maximum Gasteiger partial charge on any atom is 0.138 e. The fraction of sp³-hybridized carbons (Fsp3) is 0.917. The number of carbonyl (C=O) groups is 1. The van der Waals surface area contributed by atoms with E-state index in [4.69, 9.17) is 5.73 Å². The van der Waals surface area contributed by atoms with Crippen LogP contribution in [0.15, 0.2) is 0 Å². The summed E-state index contributed by atoms with van der Waals surface area (Å²) in [6.07, 6.45) is 8.05. The molecule has 2 N–H and O–H groups in total. The van der Waals surface area contributed by atoms with Gasteiger partial charge < -0.3 is 5.73 Å². The van der Waals surface area contributed by atoms with Crippen LogP contribution in [0.2, 0.25) is 0 Å². The predicted octanol–water partition coefficient (Wildman–Crippen LogP) is 2.51. The molecule has 1 fully saturated rings. The van der Waals surface area contributed by atoms with Gasteiger partial charge >= 0.3 is 0 Å². The molecular weight excluding hydrogens is 174 g/mol. The number of carbonyl (C=O) groups excluding carboxylic acids is 1. The Bertz CT molecular complexity index is 173. The van der Waals surface area contributed by atoms with Gasteiger partial charge in [0.05, 0.1) is 0 Å². The van der Waals surface area contributed by atoms with E-state index in [0.717, 1.165) is 25.7 Å². The van der Waals surface area contributed by atoms with Gasteiger partial charge in [0.2, 0.25) is 0 Å². The van der Waals surface area contributed by atoms with Crippen molar-refractivity contribution in [2.45, 2.75) is 51.9 Å². The summed E-state index contributed by atoms with van der Waals surface area (Å²) in [5, 5.41) is 0. The van der Waals surface area contributed by atoms with Gasteiger partial charge in [-0.05, 0) is 32.2 Å². The molecule has 0 aromatic rings. The average Bonchev–Trinajstić information content (AvgIpc) is 2.26. The Balaban J connectivity index is 2.30. The largest absolute Gasteiger partial charge is 0.330 e. The lowest BCUT2D eigenvalue weighted by atomic mass is 9.81. The van der Waals surface area contributed by atoms with Gasteiger partial charge in [0, 0.05) is 11.8 Å². The van der Waals surface area contributed by atoms with Gasteiger partial charge in [0.1, 0.15) is 5.78 Å². The van der Waals surface area contributed by atoms with E-state index < -0.39 is 0 Å². The Hall–Kier alpha value is -0.370. The molecule has 0 aromatic heterocycles. The highest BCUT2D eigenvalue weighted by Crippen LogP contribution is 2.27. The first-order valence-electron chi connectivity index (χ1n) is 5.99. The molecule has 1 atom stereocenters. The fourth-order valence-corrected chi connectivity index (χ4v) is 2.36. The van der Waals surface area contributed by atoms with Crippen molar-refractivity contribution in [2.75, 3.05) is 6.54 Å². The molecule has 1 aliphatic carbocycles. The zero-order valence-corrected chi connectivity index (χ0v) is 9.30. The van der Waals surface area contributed by atoms with Crippen LogP contribution in [-0.2, 0) is 4.79 Å². The minimum absolute atomic E-state index is 0.238. The quantitative estimate of drug-likeness (QED) is 0.736. The summed E-state index contributed by atoms with van der Waals surface area (Å²) in [5.41, 5.74) is 5.44. The van der Waals surface area contributed by atoms with E-state index in [1.807, 2.05) is 0 Å². The van der Waals surface area contributed by atoms with E-state index in [2.05, 4.69) is 6.92 Å². The molecular formula is C12H23NO. The highest BCUT2D eigenvalue weighted by Gasteiger charge is 2.24. The molecule has 0 aromatic carbocycles. The standard InChI is InChI=1S/C12H23NO/c1-10(6-5-9-13)12(14)11-7-3-2-4-8-11/h10-11H,2-9,13H2,1H3. The van der Waals surface area contributed by atoms with Gasteiger partial charge in [-0.3, -0.25) is 4.79 Å². The second kappa shape index (κ2) is 6.18. The van der Waals surface area contributed by atoms with E-state index in [1.165, 1.54) is 19.3 Å². The maximum absolute atomic E-state index is 12.0. The van der Waals surface area contributed by atoms with Crippen LogP contribution in [0, 0.1) is 11.8 Å². The van der Waals surface area contributed by atoms with Crippen molar-refractivity contribution in [3.05, 3.63) is 0 Å². The van der Waals surface area contributed by atoms with E-state index in [9.17, 15) is 4.79 Å². The molecule has 0 saturated heterocycles. The summed E-state index contributed by atoms with van der Waals surface area (Å²) in [4.78, 5) is 12.0. The molecule has 0 aliphatic heterocycles. The highest BCUT2D eigenvalue weighted by molar-refractivity contribution is 5.83. The number of nitrogens with two attached hydrogens (primary N) is 1. The van der Waals surface area contributed by atoms with E-state index in [0.29, 0.717) is 18.2 Å². The third kappa shape index (κ3) is 3.41. The Labute approximate surface area is 87.2 Å². The molecule has 82 valence electrons. The monoisotopic (exact) mass is 197 g/mol. The molecule has 1 aliphatic rings. The van der Waals surface area contributed by atoms with Crippen LogP contribution in [0.4, 0.5) is 0 Å². The molecule has 1 rings (SSSR count). The van der Waals surface area contributed by atoms with E-state index in [1.54, 1.807) is 0 Å². The molecule has 2 nitrogen and oxygen atoms in total. The maximum atomic E-state index is 12.0. The van der Waals surface area contributed by atoms with Crippen LogP contribution in [0.25, 0.3) is 0 Å². The minimum atomic E-state index is 0.238. The van der Waals surface area contributed by atoms with Crippen molar-refractivity contribution in [1.82, 2.24) is 0 Å². The minimum Gasteiger partial charge on any atom is -0.330 e. The predicted molar refractivity (Wildman–Crippen MR) is 59.0 cm³/mol. The Morgan fingerprint density at radius 1 is 1.36 bits per heavy atom. The molecule has 0 amide bonds. The third-order valence-corrected chi connectivity index (χ3v) is 3.33. The zero-order chi connectivity index (χ0) is 10.4. The molecule has 14 heavy (non-hydrogen) atoms. The Morgan fingerprint density at radius 2 is 2.00 bits per heavy atom. The summed E-state index contributed by atoms with van der Waals surface area (Å²) < 4.78 is 0. The number of ketones is 1. The first kappa shape index (κ1) is 11.7. The molecule has 0 bridgehead atoms. The van der Waals surface area contributed by atoms with E-state index in [-0.39, 0.29) is 5.92 Å². The van der Waals surface area contributed by atoms with Crippen LogP contribution >= 0.6 is 0 Å². The lowest BCUT2D eigenvalue weighted by Gasteiger charge is -2.23. The third-order valence-electron chi connectivity index (χ3n) is 3.33. The summed E-state index contributed by atoms with van der Waals surface area (Å²) in [6, 6.07) is 0. The highest BCUT2D eigenvalue weighted by atomic mass is 16.1. The summed E-state index contributed by atoms with van der Waals surface area (Å²) in [5.74, 6) is 1.11. The van der Waals surface area contributed by atoms with Crippen molar-refractivity contribution in [2.24, 2.45) is 17.6 Å². The van der Waals surface area contributed by atoms with Crippen LogP contribution in [0.1, 0.15) is 51.9 Å². The van der Waals surface area contributed by atoms with Gasteiger partial charge in [-0.15, -0.1) is 0 Å². The molecule has 2 heteroatoms. The van der Waals surface area contributed by atoms with Gasteiger partial charge in [-0.1, -0.05) is 26.2 Å². The second-order valence-electron chi connectivity index (χ2n) is 4.57. The van der Waals surface area contributed by atoms with Crippen molar-refractivity contribution >= 4 is 5.78 Å².